The van der Waals surface area contributed by atoms with E-state index in [4.69, 9.17) is 17.3 Å². The van der Waals surface area contributed by atoms with Gasteiger partial charge >= 0.3 is 0 Å². The number of fused-ring (bicyclic) bond motifs is 1. The number of amides is 2. The molecule has 3 heterocycles. The second-order valence-corrected chi connectivity index (χ2v) is 8.37. The monoisotopic (exact) mass is 416 g/mol. The van der Waals surface area contributed by atoms with E-state index in [2.05, 4.69) is 16.8 Å². The van der Waals surface area contributed by atoms with E-state index in [0.717, 1.165) is 12.8 Å². The first-order valence-corrected chi connectivity index (χ1v) is 9.91. The summed E-state index contributed by atoms with van der Waals surface area (Å²) in [4.78, 5) is 30.6. The van der Waals surface area contributed by atoms with Gasteiger partial charge in [-0.05, 0) is 38.7 Å². The number of nitrogens with zero attached hydrogens (tertiary/aromatic N) is 2. The number of carbonyl (C=O) groups is 2. The highest BCUT2D eigenvalue weighted by Crippen LogP contribution is 2.44. The molecule has 6 nitrogen and oxygen atoms in total. The van der Waals surface area contributed by atoms with Crippen LogP contribution in [0.5, 0.6) is 0 Å². The van der Waals surface area contributed by atoms with Crippen molar-refractivity contribution in [3.63, 3.8) is 0 Å². The van der Waals surface area contributed by atoms with Gasteiger partial charge in [0.25, 0.3) is 11.8 Å². The molecule has 1 spiro atoms. The van der Waals surface area contributed by atoms with Crippen LogP contribution in [0.2, 0.25) is 5.02 Å². The number of benzene rings is 1. The Hall–Kier alpha value is -2.72. The molecule has 1 aromatic heterocycles. The van der Waals surface area contributed by atoms with E-state index in [0.29, 0.717) is 53.5 Å². The summed E-state index contributed by atoms with van der Waals surface area (Å²) in [6.45, 7) is 5.92. The van der Waals surface area contributed by atoms with Crippen molar-refractivity contribution in [3.8, 4) is 11.8 Å². The zero-order chi connectivity index (χ0) is 20.9. The number of anilines is 1. The summed E-state index contributed by atoms with van der Waals surface area (Å²) in [7, 11) is 0. The molecule has 0 aliphatic carbocycles. The predicted molar refractivity (Wildman–Crippen MR) is 110 cm³/mol. The number of carbonyl (C=O) groups excluding carboxylic acids is 2. The summed E-state index contributed by atoms with van der Waals surface area (Å²) < 4.78 is 15.2. The number of H-pyrrole nitrogens is 1. The first-order valence-electron chi connectivity index (χ1n) is 9.53. The fraction of sp³-hybridized carbons (Fsp3) is 0.429. The molecule has 8 heteroatoms. The number of likely N-dealkylation sites (tertiary alicyclic amines) is 1. The zero-order valence-corrected chi connectivity index (χ0v) is 17.1. The Labute approximate surface area is 173 Å². The summed E-state index contributed by atoms with van der Waals surface area (Å²) in [5.74, 6) is 3.81. The first-order chi connectivity index (χ1) is 13.8. The van der Waals surface area contributed by atoms with E-state index >= 15 is 4.39 Å². The molecule has 0 bridgehead atoms. The van der Waals surface area contributed by atoms with E-state index in [1.165, 1.54) is 6.07 Å². The van der Waals surface area contributed by atoms with Crippen LogP contribution in [0.25, 0.3) is 10.9 Å². The van der Waals surface area contributed by atoms with Crippen LogP contribution in [-0.4, -0.2) is 47.9 Å². The molecule has 2 amide bonds. The lowest BCUT2D eigenvalue weighted by molar-refractivity contribution is -0.137. The van der Waals surface area contributed by atoms with Crippen molar-refractivity contribution in [1.29, 1.82) is 0 Å². The van der Waals surface area contributed by atoms with Gasteiger partial charge in [0.2, 0.25) is 0 Å². The summed E-state index contributed by atoms with van der Waals surface area (Å²) in [6.07, 6.45) is 1.85. The van der Waals surface area contributed by atoms with Crippen molar-refractivity contribution in [3.05, 3.63) is 28.2 Å². The highest BCUT2D eigenvalue weighted by molar-refractivity contribution is 6.38. The van der Waals surface area contributed by atoms with Crippen LogP contribution in [0, 0.1) is 30.0 Å². The number of aryl methyl sites for hydroxylation is 1. The van der Waals surface area contributed by atoms with Crippen LogP contribution in [-0.2, 0) is 4.79 Å². The van der Waals surface area contributed by atoms with Gasteiger partial charge in [-0.1, -0.05) is 17.5 Å². The van der Waals surface area contributed by atoms with Gasteiger partial charge in [-0.3, -0.25) is 9.59 Å². The van der Waals surface area contributed by atoms with Crippen LogP contribution in [0.4, 0.5) is 10.1 Å². The lowest BCUT2D eigenvalue weighted by Crippen LogP contribution is -2.64. The predicted octanol–water partition coefficient (Wildman–Crippen LogP) is 2.82. The second kappa shape index (κ2) is 6.96. The second-order valence-electron chi connectivity index (χ2n) is 7.99. The fourth-order valence-corrected chi connectivity index (χ4v) is 4.90. The van der Waals surface area contributed by atoms with Gasteiger partial charge in [-0.25, -0.2) is 4.39 Å². The van der Waals surface area contributed by atoms with E-state index in [9.17, 15) is 9.59 Å². The van der Waals surface area contributed by atoms with Gasteiger partial charge in [0.15, 0.2) is 0 Å². The Balaban J connectivity index is 1.71. The van der Waals surface area contributed by atoms with Gasteiger partial charge in [-0.2, -0.15) is 0 Å². The normalized spacial score (nSPS) is 17.8. The van der Waals surface area contributed by atoms with Crippen LogP contribution in [0.1, 0.15) is 35.8 Å². The molecule has 1 aromatic carbocycles. The molecule has 0 radical (unpaired) electrons. The minimum absolute atomic E-state index is 0.0811. The Kier molecular flexibility index (Phi) is 4.70. The lowest BCUT2D eigenvalue weighted by Gasteiger charge is -2.54. The maximum absolute atomic E-state index is 15.2. The molecule has 3 N–H and O–H groups in total. The summed E-state index contributed by atoms with van der Waals surface area (Å²) in [6, 6.07) is 1.18. The number of rotatable bonds is 2. The summed E-state index contributed by atoms with van der Waals surface area (Å²) in [5.41, 5.74) is 6.95. The highest BCUT2D eigenvalue weighted by Gasteiger charge is 2.47. The van der Waals surface area contributed by atoms with Gasteiger partial charge in [0.1, 0.15) is 5.82 Å². The SMILES string of the molecule is CC#CC(=O)N1CC2(CCCN(c3c(F)cc(C(N)=O)c4[nH]c(C)c(Cl)c34)C2)C1. The van der Waals surface area contributed by atoms with E-state index in [1.54, 1.807) is 18.7 Å². The molecule has 0 unspecified atom stereocenters. The number of aromatic nitrogens is 1. The van der Waals surface area contributed by atoms with Crippen molar-refractivity contribution in [1.82, 2.24) is 9.88 Å². The third-order valence-corrected chi connectivity index (χ3v) is 6.40. The van der Waals surface area contributed by atoms with Crippen LogP contribution >= 0.6 is 11.6 Å². The summed E-state index contributed by atoms with van der Waals surface area (Å²) in [5, 5.41) is 0.874. The maximum atomic E-state index is 15.2. The molecule has 2 saturated heterocycles. The number of hydrogen-bond acceptors (Lipinski definition) is 3. The number of hydrogen-bond donors (Lipinski definition) is 2. The third kappa shape index (κ3) is 3.12. The maximum Gasteiger partial charge on any atom is 0.298 e. The average Bonchev–Trinajstić information content (AvgIpc) is 2.94. The number of aromatic amines is 1. The minimum Gasteiger partial charge on any atom is -0.368 e. The molecule has 2 aliphatic rings. The van der Waals surface area contributed by atoms with Crippen molar-refractivity contribution < 1.29 is 14.0 Å². The smallest absolute Gasteiger partial charge is 0.298 e. The molecule has 152 valence electrons. The topological polar surface area (TPSA) is 82.4 Å². The third-order valence-electron chi connectivity index (χ3n) is 5.93. The van der Waals surface area contributed by atoms with Gasteiger partial charge < -0.3 is 20.5 Å². The van der Waals surface area contributed by atoms with Crippen molar-refractivity contribution in [2.75, 3.05) is 31.1 Å². The molecular weight excluding hydrogens is 395 g/mol. The highest BCUT2D eigenvalue weighted by atomic mass is 35.5. The van der Waals surface area contributed by atoms with Crippen LogP contribution in [0.3, 0.4) is 0 Å². The van der Waals surface area contributed by atoms with Gasteiger partial charge in [0, 0.05) is 42.7 Å². The van der Waals surface area contributed by atoms with Crippen molar-refractivity contribution in [2.45, 2.75) is 26.7 Å². The Bertz CT molecular complexity index is 1090. The standard InChI is InChI=1S/C21H22ClFN4O2/c1-3-5-15(28)27-10-21(11-27)6-4-7-26(9-21)19-14(23)8-13(20(24)29)18-16(19)17(22)12(2)25-18/h8,25H,4,6-7,9-11H2,1-2H3,(H2,24,29). The number of halogens is 2. The molecule has 4 rings (SSSR count). The quantitative estimate of drug-likeness (QED) is 0.738. The Morgan fingerprint density at radius 3 is 2.72 bits per heavy atom. The van der Waals surface area contributed by atoms with E-state index in [-0.39, 0.29) is 16.9 Å². The summed E-state index contributed by atoms with van der Waals surface area (Å²) >= 11 is 6.49. The van der Waals surface area contributed by atoms with Crippen LogP contribution in [0.15, 0.2) is 6.07 Å². The number of piperidine rings is 1. The van der Waals surface area contributed by atoms with Gasteiger partial charge in [-0.15, -0.1) is 0 Å². The number of nitrogens with one attached hydrogen (secondary N) is 1. The van der Waals surface area contributed by atoms with Gasteiger partial charge in [0.05, 0.1) is 21.8 Å². The lowest BCUT2D eigenvalue weighted by atomic mass is 9.73. The fourth-order valence-electron chi connectivity index (χ4n) is 4.67. The first kappa shape index (κ1) is 19.6. The molecule has 0 saturated carbocycles. The zero-order valence-electron chi connectivity index (χ0n) is 16.4. The van der Waals surface area contributed by atoms with Crippen molar-refractivity contribution >= 4 is 40.0 Å². The molecule has 2 aromatic rings. The number of nitrogens with two attached hydrogens (primary N) is 1. The minimum atomic E-state index is -0.710. The molecule has 2 aliphatic heterocycles. The molecule has 0 atom stereocenters. The largest absolute Gasteiger partial charge is 0.368 e. The Morgan fingerprint density at radius 2 is 2.07 bits per heavy atom. The molecule has 29 heavy (non-hydrogen) atoms. The Morgan fingerprint density at radius 1 is 1.34 bits per heavy atom. The van der Waals surface area contributed by atoms with Crippen molar-refractivity contribution in [2.24, 2.45) is 11.1 Å². The van der Waals surface area contributed by atoms with Crippen LogP contribution < -0.4 is 10.6 Å². The molecular formula is C21H22ClFN4O2. The average molecular weight is 417 g/mol. The number of primary amides is 1. The van der Waals surface area contributed by atoms with E-state index in [1.807, 2.05) is 4.90 Å². The van der Waals surface area contributed by atoms with E-state index < -0.39 is 11.7 Å². The molecule has 2 fully saturated rings.